The van der Waals surface area contributed by atoms with E-state index in [1.54, 1.807) is 6.92 Å². The number of rotatable bonds is 4. The molecule has 0 aliphatic carbocycles. The number of ether oxygens (including phenoxy) is 1. The molecular weight excluding hydrogens is 223 g/mol. The van der Waals surface area contributed by atoms with Crippen molar-refractivity contribution in [1.29, 1.82) is 0 Å². The molecule has 3 nitrogen and oxygen atoms in total. The Kier molecular flexibility index (Phi) is 3.91. The lowest BCUT2D eigenvalue weighted by molar-refractivity contribution is -0.138. The molecule has 0 heterocycles. The zero-order valence-corrected chi connectivity index (χ0v) is 8.79. The van der Waals surface area contributed by atoms with Gasteiger partial charge in [0.25, 0.3) is 0 Å². The van der Waals surface area contributed by atoms with Crippen LogP contribution in [-0.2, 0) is 4.79 Å². The standard InChI is InChI=1S/C10H10ClFO3/c1-6(4-10(13)14)15-7-2-3-9(12)8(11)5-7/h2-3,5-6H,4H2,1H3,(H,13,14)/t6-/m1/s1. The summed E-state index contributed by atoms with van der Waals surface area (Å²) in [5.41, 5.74) is 0. The number of aliphatic carboxylic acids is 1. The number of hydrogen-bond donors (Lipinski definition) is 1. The van der Waals surface area contributed by atoms with Crippen LogP contribution in [0.1, 0.15) is 13.3 Å². The lowest BCUT2D eigenvalue weighted by atomic mass is 10.3. The van der Waals surface area contributed by atoms with Gasteiger partial charge in [0.15, 0.2) is 0 Å². The molecule has 1 N–H and O–H groups in total. The number of hydrogen-bond acceptors (Lipinski definition) is 2. The molecule has 82 valence electrons. The highest BCUT2D eigenvalue weighted by molar-refractivity contribution is 6.30. The lowest BCUT2D eigenvalue weighted by Gasteiger charge is -2.12. The first kappa shape index (κ1) is 11.8. The largest absolute Gasteiger partial charge is 0.490 e. The normalized spacial score (nSPS) is 12.2. The van der Waals surface area contributed by atoms with E-state index in [2.05, 4.69) is 0 Å². The fraction of sp³-hybridized carbons (Fsp3) is 0.300. The lowest BCUT2D eigenvalue weighted by Crippen LogP contribution is -2.16. The third kappa shape index (κ3) is 3.75. The summed E-state index contributed by atoms with van der Waals surface area (Å²) in [7, 11) is 0. The molecule has 0 radical (unpaired) electrons. The third-order valence-corrected chi connectivity index (χ3v) is 1.98. The molecule has 0 bridgehead atoms. The Morgan fingerprint density at radius 1 is 1.67 bits per heavy atom. The fourth-order valence-corrected chi connectivity index (χ4v) is 1.24. The molecule has 1 atom stereocenters. The van der Waals surface area contributed by atoms with Crippen molar-refractivity contribution in [3.8, 4) is 5.75 Å². The van der Waals surface area contributed by atoms with Crippen LogP contribution >= 0.6 is 11.6 Å². The Bertz CT molecular complexity index is 368. The maximum absolute atomic E-state index is 12.8. The Labute approximate surface area is 91.4 Å². The van der Waals surface area contributed by atoms with Gasteiger partial charge in [-0.15, -0.1) is 0 Å². The summed E-state index contributed by atoms with van der Waals surface area (Å²) in [4.78, 5) is 10.4. The van der Waals surface area contributed by atoms with Gasteiger partial charge in [-0.2, -0.15) is 0 Å². The Balaban J connectivity index is 2.64. The van der Waals surface area contributed by atoms with Gasteiger partial charge in [0.2, 0.25) is 0 Å². The first-order valence-corrected chi connectivity index (χ1v) is 4.70. The Hall–Kier alpha value is -1.29. The number of carboxylic acid groups (broad SMARTS) is 1. The Morgan fingerprint density at radius 3 is 2.87 bits per heavy atom. The summed E-state index contributed by atoms with van der Waals surface area (Å²) in [5.74, 6) is -1.12. The van der Waals surface area contributed by atoms with Gasteiger partial charge in [0.05, 0.1) is 11.4 Å². The summed E-state index contributed by atoms with van der Waals surface area (Å²) in [6, 6.07) is 3.89. The second-order valence-electron chi connectivity index (χ2n) is 3.10. The van der Waals surface area contributed by atoms with Crippen LogP contribution in [0.5, 0.6) is 5.75 Å². The van der Waals surface area contributed by atoms with Crippen LogP contribution in [0.15, 0.2) is 18.2 Å². The summed E-state index contributed by atoms with van der Waals surface area (Å²) in [5, 5.41) is 8.45. The zero-order chi connectivity index (χ0) is 11.4. The van der Waals surface area contributed by atoms with Crippen LogP contribution in [0.4, 0.5) is 4.39 Å². The van der Waals surface area contributed by atoms with Gasteiger partial charge in [-0.3, -0.25) is 4.79 Å². The maximum atomic E-state index is 12.8. The van der Waals surface area contributed by atoms with E-state index in [-0.39, 0.29) is 11.4 Å². The molecule has 0 amide bonds. The molecule has 0 aliphatic rings. The molecule has 1 aromatic carbocycles. The number of carboxylic acids is 1. The second kappa shape index (κ2) is 4.98. The topological polar surface area (TPSA) is 46.5 Å². The van der Waals surface area contributed by atoms with Crippen molar-refractivity contribution in [3.05, 3.63) is 29.0 Å². The van der Waals surface area contributed by atoms with Gasteiger partial charge in [0, 0.05) is 6.07 Å². The SMILES string of the molecule is C[C@H](CC(=O)O)Oc1ccc(F)c(Cl)c1. The molecule has 0 saturated carbocycles. The van der Waals surface area contributed by atoms with Gasteiger partial charge < -0.3 is 9.84 Å². The molecule has 0 fully saturated rings. The van der Waals surface area contributed by atoms with E-state index < -0.39 is 17.9 Å². The van der Waals surface area contributed by atoms with E-state index in [0.717, 1.165) is 0 Å². The predicted octanol–water partition coefficient (Wildman–Crippen LogP) is 2.72. The van der Waals surface area contributed by atoms with Gasteiger partial charge in [-0.05, 0) is 19.1 Å². The maximum Gasteiger partial charge on any atom is 0.307 e. The zero-order valence-electron chi connectivity index (χ0n) is 8.04. The molecule has 5 heteroatoms. The van der Waals surface area contributed by atoms with Crippen LogP contribution in [0.25, 0.3) is 0 Å². The van der Waals surface area contributed by atoms with Crippen LogP contribution in [-0.4, -0.2) is 17.2 Å². The van der Waals surface area contributed by atoms with E-state index >= 15 is 0 Å². The molecule has 15 heavy (non-hydrogen) atoms. The molecule has 0 unspecified atom stereocenters. The van der Waals surface area contributed by atoms with Crippen molar-refractivity contribution in [2.24, 2.45) is 0 Å². The molecule has 0 spiro atoms. The summed E-state index contributed by atoms with van der Waals surface area (Å²) >= 11 is 5.53. The summed E-state index contributed by atoms with van der Waals surface area (Å²) < 4.78 is 18.0. The smallest absolute Gasteiger partial charge is 0.307 e. The van der Waals surface area contributed by atoms with E-state index in [1.807, 2.05) is 0 Å². The fourth-order valence-electron chi connectivity index (χ4n) is 1.07. The van der Waals surface area contributed by atoms with E-state index in [4.69, 9.17) is 21.4 Å². The molecule has 0 aromatic heterocycles. The van der Waals surface area contributed by atoms with Crippen molar-refractivity contribution in [3.63, 3.8) is 0 Å². The van der Waals surface area contributed by atoms with Crippen LogP contribution < -0.4 is 4.74 Å². The van der Waals surface area contributed by atoms with Gasteiger partial charge in [-0.1, -0.05) is 11.6 Å². The van der Waals surface area contributed by atoms with Crippen molar-refractivity contribution in [2.75, 3.05) is 0 Å². The van der Waals surface area contributed by atoms with Crippen LogP contribution in [0, 0.1) is 5.82 Å². The highest BCUT2D eigenvalue weighted by Gasteiger charge is 2.10. The molecule has 1 aromatic rings. The van der Waals surface area contributed by atoms with Crippen molar-refractivity contribution in [1.82, 2.24) is 0 Å². The number of carbonyl (C=O) groups is 1. The number of benzene rings is 1. The average Bonchev–Trinajstić information content (AvgIpc) is 2.10. The van der Waals surface area contributed by atoms with Crippen LogP contribution in [0.2, 0.25) is 5.02 Å². The van der Waals surface area contributed by atoms with Crippen molar-refractivity contribution < 1.29 is 19.0 Å². The quantitative estimate of drug-likeness (QED) is 0.868. The first-order valence-electron chi connectivity index (χ1n) is 4.32. The minimum absolute atomic E-state index is 0.0463. The summed E-state index contributed by atoms with van der Waals surface area (Å²) in [6.07, 6.45) is -0.598. The molecule has 0 aliphatic heterocycles. The van der Waals surface area contributed by atoms with Gasteiger partial charge >= 0.3 is 5.97 Å². The monoisotopic (exact) mass is 232 g/mol. The van der Waals surface area contributed by atoms with Gasteiger partial charge in [0.1, 0.15) is 17.7 Å². The van der Waals surface area contributed by atoms with E-state index in [1.165, 1.54) is 18.2 Å². The molecule has 0 saturated heterocycles. The molecular formula is C10H10ClFO3. The first-order chi connectivity index (χ1) is 6.99. The highest BCUT2D eigenvalue weighted by atomic mass is 35.5. The number of halogens is 2. The predicted molar refractivity (Wildman–Crippen MR) is 53.8 cm³/mol. The average molecular weight is 233 g/mol. The highest BCUT2D eigenvalue weighted by Crippen LogP contribution is 2.22. The minimum atomic E-state index is -0.948. The third-order valence-electron chi connectivity index (χ3n) is 1.69. The van der Waals surface area contributed by atoms with Crippen LogP contribution in [0.3, 0.4) is 0 Å². The van der Waals surface area contributed by atoms with Crippen molar-refractivity contribution in [2.45, 2.75) is 19.4 Å². The van der Waals surface area contributed by atoms with E-state index in [9.17, 15) is 9.18 Å². The van der Waals surface area contributed by atoms with Gasteiger partial charge in [-0.25, -0.2) is 4.39 Å². The Morgan fingerprint density at radius 2 is 2.33 bits per heavy atom. The minimum Gasteiger partial charge on any atom is -0.490 e. The van der Waals surface area contributed by atoms with E-state index in [0.29, 0.717) is 5.75 Å². The second-order valence-corrected chi connectivity index (χ2v) is 3.51. The molecule has 1 rings (SSSR count). The summed E-state index contributed by atoms with van der Waals surface area (Å²) in [6.45, 7) is 1.62. The van der Waals surface area contributed by atoms with Crippen molar-refractivity contribution >= 4 is 17.6 Å².